The first-order chi connectivity index (χ1) is 11.3. The van der Waals surface area contributed by atoms with Crippen molar-refractivity contribution >= 4 is 52.3 Å². The molecule has 10 heteroatoms. The summed E-state index contributed by atoms with van der Waals surface area (Å²) in [5.41, 5.74) is 10.9. The second-order valence-electron chi connectivity index (χ2n) is 4.76. The molecule has 1 aromatic carbocycles. The third-order valence-electron chi connectivity index (χ3n) is 2.87. The summed E-state index contributed by atoms with van der Waals surface area (Å²) in [4.78, 5) is 39.6. The van der Waals surface area contributed by atoms with Crippen molar-refractivity contribution in [1.82, 2.24) is 9.88 Å². The molecule has 0 aliphatic heterocycles. The molecule has 1 aromatic heterocycles. The standard InChI is InChI=1S/C14H12Cl2N4O3S/c15-8-2-1-7(3-9(8)16)13-19-10(6-24-13)14(23)20(4-11(17)21)5-12(18)22/h1-3,6H,4-5H2,(H2,17,21)(H2,18,22). The molecule has 3 amide bonds. The number of aromatic nitrogens is 1. The number of benzene rings is 1. The van der Waals surface area contributed by atoms with E-state index in [2.05, 4.69) is 4.98 Å². The summed E-state index contributed by atoms with van der Waals surface area (Å²) in [7, 11) is 0. The van der Waals surface area contributed by atoms with Crippen molar-refractivity contribution in [2.45, 2.75) is 0 Å². The molecule has 0 atom stereocenters. The van der Waals surface area contributed by atoms with E-state index < -0.39 is 30.8 Å². The summed E-state index contributed by atoms with van der Waals surface area (Å²) in [5, 5.41) is 2.81. The Morgan fingerprint density at radius 1 is 1.08 bits per heavy atom. The van der Waals surface area contributed by atoms with Crippen molar-refractivity contribution in [2.75, 3.05) is 13.1 Å². The molecule has 0 unspecified atom stereocenters. The minimum atomic E-state index is -0.760. The van der Waals surface area contributed by atoms with Gasteiger partial charge in [0.05, 0.1) is 10.0 Å². The Labute approximate surface area is 151 Å². The van der Waals surface area contributed by atoms with E-state index >= 15 is 0 Å². The van der Waals surface area contributed by atoms with Crippen molar-refractivity contribution in [3.63, 3.8) is 0 Å². The number of hydrogen-bond acceptors (Lipinski definition) is 5. The fourth-order valence-electron chi connectivity index (χ4n) is 1.87. The van der Waals surface area contributed by atoms with Crippen LogP contribution < -0.4 is 11.5 Å². The number of hydrogen-bond donors (Lipinski definition) is 2. The Bertz CT molecular complexity index is 793. The van der Waals surface area contributed by atoms with E-state index in [0.29, 0.717) is 20.6 Å². The van der Waals surface area contributed by atoms with Gasteiger partial charge in [-0.3, -0.25) is 14.4 Å². The predicted octanol–water partition coefficient (Wildman–Crippen LogP) is 1.53. The third-order valence-corrected chi connectivity index (χ3v) is 4.50. The van der Waals surface area contributed by atoms with Crippen LogP contribution in [0, 0.1) is 0 Å². The van der Waals surface area contributed by atoms with Crippen molar-refractivity contribution < 1.29 is 14.4 Å². The molecule has 7 nitrogen and oxygen atoms in total. The van der Waals surface area contributed by atoms with Crippen LogP contribution in [0.25, 0.3) is 10.6 Å². The molecule has 0 saturated heterocycles. The van der Waals surface area contributed by atoms with Gasteiger partial charge in [-0.2, -0.15) is 0 Å². The van der Waals surface area contributed by atoms with Crippen molar-refractivity contribution in [3.05, 3.63) is 39.3 Å². The van der Waals surface area contributed by atoms with Crippen LogP contribution in [-0.2, 0) is 9.59 Å². The van der Waals surface area contributed by atoms with Gasteiger partial charge >= 0.3 is 0 Å². The van der Waals surface area contributed by atoms with E-state index in [1.54, 1.807) is 18.2 Å². The van der Waals surface area contributed by atoms with Gasteiger partial charge in [-0.1, -0.05) is 29.3 Å². The fraction of sp³-hybridized carbons (Fsp3) is 0.143. The quantitative estimate of drug-likeness (QED) is 0.781. The lowest BCUT2D eigenvalue weighted by molar-refractivity contribution is -0.121. The minimum absolute atomic E-state index is 0.0728. The number of halogens is 2. The molecule has 1 heterocycles. The van der Waals surface area contributed by atoms with Crippen LogP contribution in [0.15, 0.2) is 23.6 Å². The van der Waals surface area contributed by atoms with Crippen LogP contribution in [-0.4, -0.2) is 40.7 Å². The van der Waals surface area contributed by atoms with E-state index in [-0.39, 0.29) is 5.69 Å². The number of carbonyl (C=O) groups is 3. The first-order valence-electron chi connectivity index (χ1n) is 6.54. The highest BCUT2D eigenvalue weighted by Gasteiger charge is 2.22. The molecule has 4 N–H and O–H groups in total. The molecule has 0 radical (unpaired) electrons. The monoisotopic (exact) mass is 386 g/mol. The number of nitrogens with two attached hydrogens (primary N) is 2. The van der Waals surface area contributed by atoms with Gasteiger partial charge in [-0.05, 0) is 12.1 Å². The zero-order valence-corrected chi connectivity index (χ0v) is 14.5. The zero-order valence-electron chi connectivity index (χ0n) is 12.2. The molecule has 2 aromatic rings. The van der Waals surface area contributed by atoms with E-state index in [0.717, 1.165) is 4.90 Å². The number of amides is 3. The van der Waals surface area contributed by atoms with E-state index in [1.165, 1.54) is 16.7 Å². The number of rotatable bonds is 6. The first-order valence-corrected chi connectivity index (χ1v) is 8.18. The SMILES string of the molecule is NC(=O)CN(CC(N)=O)C(=O)c1csc(-c2ccc(Cl)c(Cl)c2)n1. The molecule has 0 aliphatic rings. The maximum absolute atomic E-state index is 12.4. The normalized spacial score (nSPS) is 10.4. The van der Waals surface area contributed by atoms with Crippen LogP contribution in [0.3, 0.4) is 0 Å². The Balaban J connectivity index is 2.26. The van der Waals surface area contributed by atoms with Gasteiger partial charge in [0, 0.05) is 10.9 Å². The molecule has 0 saturated carbocycles. The largest absolute Gasteiger partial charge is 0.368 e. The van der Waals surface area contributed by atoms with Crippen molar-refractivity contribution in [3.8, 4) is 10.6 Å². The van der Waals surface area contributed by atoms with Crippen LogP contribution >= 0.6 is 34.5 Å². The average Bonchev–Trinajstić information content (AvgIpc) is 2.97. The van der Waals surface area contributed by atoms with Gasteiger partial charge in [-0.15, -0.1) is 11.3 Å². The van der Waals surface area contributed by atoms with Gasteiger partial charge in [0.15, 0.2) is 0 Å². The second-order valence-corrected chi connectivity index (χ2v) is 6.43. The smallest absolute Gasteiger partial charge is 0.274 e. The minimum Gasteiger partial charge on any atom is -0.368 e. The van der Waals surface area contributed by atoms with Crippen LogP contribution in [0.2, 0.25) is 10.0 Å². The summed E-state index contributed by atoms with van der Waals surface area (Å²) in [5.74, 6) is -2.13. The van der Waals surface area contributed by atoms with Gasteiger partial charge in [0.1, 0.15) is 23.8 Å². The Kier molecular flexibility index (Phi) is 5.76. The summed E-state index contributed by atoms with van der Waals surface area (Å²) in [6, 6.07) is 4.96. The highest BCUT2D eigenvalue weighted by molar-refractivity contribution is 7.13. The van der Waals surface area contributed by atoms with E-state index in [9.17, 15) is 14.4 Å². The average molecular weight is 387 g/mol. The summed E-state index contributed by atoms with van der Waals surface area (Å²) in [6.07, 6.45) is 0. The van der Waals surface area contributed by atoms with Crippen LogP contribution in [0.5, 0.6) is 0 Å². The Morgan fingerprint density at radius 3 is 2.25 bits per heavy atom. The molecule has 24 heavy (non-hydrogen) atoms. The predicted molar refractivity (Wildman–Crippen MR) is 91.9 cm³/mol. The molecule has 0 aliphatic carbocycles. The molecular formula is C14H12Cl2N4O3S. The van der Waals surface area contributed by atoms with E-state index in [4.69, 9.17) is 34.7 Å². The molecular weight excluding hydrogens is 375 g/mol. The van der Waals surface area contributed by atoms with E-state index in [1.807, 2.05) is 0 Å². The number of nitrogens with zero attached hydrogens (tertiary/aromatic N) is 2. The summed E-state index contributed by atoms with van der Waals surface area (Å²) < 4.78 is 0. The lowest BCUT2D eigenvalue weighted by Gasteiger charge is -2.17. The topological polar surface area (TPSA) is 119 Å². The maximum atomic E-state index is 12.4. The van der Waals surface area contributed by atoms with Crippen LogP contribution in [0.1, 0.15) is 10.5 Å². The van der Waals surface area contributed by atoms with Gasteiger partial charge < -0.3 is 16.4 Å². The number of primary amides is 2. The molecule has 0 fully saturated rings. The highest BCUT2D eigenvalue weighted by Crippen LogP contribution is 2.30. The summed E-state index contributed by atoms with van der Waals surface area (Å²) in [6.45, 7) is -0.858. The zero-order chi connectivity index (χ0) is 17.9. The third kappa shape index (κ3) is 4.44. The number of carbonyl (C=O) groups excluding carboxylic acids is 3. The molecule has 0 spiro atoms. The first kappa shape index (κ1) is 18.2. The number of thiazole rings is 1. The molecule has 126 valence electrons. The molecule has 0 bridgehead atoms. The van der Waals surface area contributed by atoms with Crippen LogP contribution in [0.4, 0.5) is 0 Å². The lowest BCUT2D eigenvalue weighted by Crippen LogP contribution is -2.43. The van der Waals surface area contributed by atoms with Gasteiger partial charge in [0.2, 0.25) is 11.8 Å². The Morgan fingerprint density at radius 2 is 1.71 bits per heavy atom. The lowest BCUT2D eigenvalue weighted by atomic mass is 10.2. The van der Waals surface area contributed by atoms with Gasteiger partial charge in [0.25, 0.3) is 5.91 Å². The second kappa shape index (κ2) is 7.61. The molecule has 2 rings (SSSR count). The Hall–Kier alpha value is -2.16. The maximum Gasteiger partial charge on any atom is 0.274 e. The van der Waals surface area contributed by atoms with Gasteiger partial charge in [-0.25, -0.2) is 4.98 Å². The fourth-order valence-corrected chi connectivity index (χ4v) is 2.96. The highest BCUT2D eigenvalue weighted by atomic mass is 35.5. The van der Waals surface area contributed by atoms with Crippen molar-refractivity contribution in [1.29, 1.82) is 0 Å². The summed E-state index contributed by atoms with van der Waals surface area (Å²) >= 11 is 13.0. The van der Waals surface area contributed by atoms with Crippen molar-refractivity contribution in [2.24, 2.45) is 11.5 Å².